The molecule has 3 rings (SSSR count). The molecule has 110 valence electrons. The van der Waals surface area contributed by atoms with Gasteiger partial charge < -0.3 is 15.7 Å². The van der Waals surface area contributed by atoms with E-state index in [1.807, 2.05) is 30.6 Å². The fraction of sp³-hybridized carbons (Fsp3) is 0.375. The van der Waals surface area contributed by atoms with Gasteiger partial charge in [-0.15, -0.1) is 0 Å². The van der Waals surface area contributed by atoms with Gasteiger partial charge in [0.2, 0.25) is 0 Å². The molecule has 1 aliphatic rings. The molecule has 1 fully saturated rings. The molecule has 3 heterocycles. The molecule has 0 unspecified atom stereocenters. The van der Waals surface area contributed by atoms with Gasteiger partial charge in [-0.05, 0) is 42.5 Å². The summed E-state index contributed by atoms with van der Waals surface area (Å²) in [5.74, 6) is 1.13. The number of nitrogens with two attached hydrogens (primary N) is 1. The molecule has 0 spiro atoms. The van der Waals surface area contributed by atoms with Crippen LogP contribution < -0.4 is 10.6 Å². The van der Waals surface area contributed by atoms with Gasteiger partial charge in [-0.2, -0.15) is 0 Å². The highest BCUT2D eigenvalue weighted by atomic mass is 16.3. The summed E-state index contributed by atoms with van der Waals surface area (Å²) >= 11 is 0. The lowest BCUT2D eigenvalue weighted by molar-refractivity contribution is 0.277. The zero-order valence-electron chi connectivity index (χ0n) is 11.9. The maximum atomic E-state index is 9.03. The molecule has 1 aliphatic heterocycles. The van der Waals surface area contributed by atoms with Gasteiger partial charge in [0.15, 0.2) is 0 Å². The summed E-state index contributed by atoms with van der Waals surface area (Å²) in [5, 5.41) is 9.03. The van der Waals surface area contributed by atoms with Crippen LogP contribution in [0.15, 0.2) is 36.7 Å². The maximum Gasteiger partial charge on any atom is 0.123 e. The van der Waals surface area contributed by atoms with Crippen molar-refractivity contribution in [3.05, 3.63) is 47.9 Å². The minimum absolute atomic E-state index is 0.00745. The number of hydrogen-bond acceptors (Lipinski definition) is 5. The molecule has 0 aromatic carbocycles. The van der Waals surface area contributed by atoms with Crippen molar-refractivity contribution in [1.29, 1.82) is 0 Å². The SMILES string of the molecule is Nc1ccc(C2CCN(c3ccc(CO)nc3)CC2)cn1. The Hall–Kier alpha value is -2.14. The van der Waals surface area contributed by atoms with Crippen LogP contribution in [-0.2, 0) is 6.61 Å². The van der Waals surface area contributed by atoms with Crippen LogP contribution in [0.4, 0.5) is 11.5 Å². The summed E-state index contributed by atoms with van der Waals surface area (Å²) in [5.41, 5.74) is 8.75. The molecule has 0 amide bonds. The highest BCUT2D eigenvalue weighted by molar-refractivity contribution is 5.45. The van der Waals surface area contributed by atoms with Gasteiger partial charge in [0.25, 0.3) is 0 Å². The minimum atomic E-state index is -0.00745. The molecular formula is C16H20N4O. The zero-order chi connectivity index (χ0) is 14.7. The smallest absolute Gasteiger partial charge is 0.123 e. The molecule has 0 atom stereocenters. The summed E-state index contributed by atoms with van der Waals surface area (Å²) in [7, 11) is 0. The first-order valence-electron chi connectivity index (χ1n) is 7.28. The molecule has 5 heteroatoms. The molecule has 0 bridgehead atoms. The van der Waals surface area contributed by atoms with Crippen LogP contribution in [-0.4, -0.2) is 28.2 Å². The topological polar surface area (TPSA) is 75.3 Å². The fourth-order valence-corrected chi connectivity index (χ4v) is 2.83. The van der Waals surface area contributed by atoms with E-state index in [1.54, 1.807) is 0 Å². The summed E-state index contributed by atoms with van der Waals surface area (Å²) in [4.78, 5) is 10.8. The highest BCUT2D eigenvalue weighted by Gasteiger charge is 2.21. The van der Waals surface area contributed by atoms with E-state index in [4.69, 9.17) is 10.8 Å². The van der Waals surface area contributed by atoms with Crippen LogP contribution in [0.5, 0.6) is 0 Å². The number of aliphatic hydroxyl groups is 1. The van der Waals surface area contributed by atoms with Gasteiger partial charge in [-0.3, -0.25) is 4.98 Å². The van der Waals surface area contributed by atoms with Crippen molar-refractivity contribution >= 4 is 11.5 Å². The van der Waals surface area contributed by atoms with Crippen LogP contribution in [0.2, 0.25) is 0 Å². The molecule has 0 aliphatic carbocycles. The summed E-state index contributed by atoms with van der Waals surface area (Å²) < 4.78 is 0. The molecule has 2 aromatic rings. The Morgan fingerprint density at radius 1 is 1.10 bits per heavy atom. The number of nitrogen functional groups attached to an aromatic ring is 1. The number of pyridine rings is 2. The molecule has 0 saturated carbocycles. The summed E-state index contributed by atoms with van der Waals surface area (Å²) in [6.45, 7) is 2.01. The number of piperidine rings is 1. The van der Waals surface area contributed by atoms with E-state index in [2.05, 4.69) is 20.9 Å². The van der Waals surface area contributed by atoms with Gasteiger partial charge in [0.1, 0.15) is 5.82 Å². The number of aliphatic hydroxyl groups excluding tert-OH is 1. The Bertz CT molecular complexity index is 574. The van der Waals surface area contributed by atoms with Crippen molar-refractivity contribution in [3.63, 3.8) is 0 Å². The molecule has 21 heavy (non-hydrogen) atoms. The third-order valence-corrected chi connectivity index (χ3v) is 4.11. The number of rotatable bonds is 3. The van der Waals surface area contributed by atoms with E-state index < -0.39 is 0 Å². The fourth-order valence-electron chi connectivity index (χ4n) is 2.83. The predicted octanol–water partition coefficient (Wildman–Crippen LogP) is 1.94. The van der Waals surface area contributed by atoms with E-state index in [9.17, 15) is 0 Å². The maximum absolute atomic E-state index is 9.03. The molecule has 1 saturated heterocycles. The average Bonchev–Trinajstić information content (AvgIpc) is 2.56. The second kappa shape index (κ2) is 6.10. The van der Waals surface area contributed by atoms with Crippen molar-refractivity contribution in [2.75, 3.05) is 23.7 Å². The van der Waals surface area contributed by atoms with Gasteiger partial charge in [-0.1, -0.05) is 6.07 Å². The van der Waals surface area contributed by atoms with Crippen LogP contribution in [0, 0.1) is 0 Å². The molecule has 3 N–H and O–H groups in total. The van der Waals surface area contributed by atoms with Crippen LogP contribution in [0.3, 0.4) is 0 Å². The Morgan fingerprint density at radius 3 is 2.48 bits per heavy atom. The quantitative estimate of drug-likeness (QED) is 0.901. The van der Waals surface area contributed by atoms with Crippen molar-refractivity contribution in [2.45, 2.75) is 25.4 Å². The van der Waals surface area contributed by atoms with E-state index in [0.29, 0.717) is 17.4 Å². The average molecular weight is 284 g/mol. The van der Waals surface area contributed by atoms with Gasteiger partial charge in [-0.25, -0.2) is 4.98 Å². The van der Waals surface area contributed by atoms with Crippen LogP contribution >= 0.6 is 0 Å². The lowest BCUT2D eigenvalue weighted by atomic mass is 9.90. The van der Waals surface area contributed by atoms with Gasteiger partial charge >= 0.3 is 0 Å². The summed E-state index contributed by atoms with van der Waals surface area (Å²) in [6, 6.07) is 7.87. The first-order chi connectivity index (χ1) is 10.3. The number of aromatic nitrogens is 2. The molecule has 0 radical (unpaired) electrons. The van der Waals surface area contributed by atoms with E-state index in [0.717, 1.165) is 31.6 Å². The third-order valence-electron chi connectivity index (χ3n) is 4.11. The monoisotopic (exact) mass is 284 g/mol. The second-order valence-electron chi connectivity index (χ2n) is 5.44. The largest absolute Gasteiger partial charge is 0.390 e. The van der Waals surface area contributed by atoms with Crippen molar-refractivity contribution in [2.24, 2.45) is 0 Å². The van der Waals surface area contributed by atoms with E-state index in [-0.39, 0.29) is 6.61 Å². The number of hydrogen-bond donors (Lipinski definition) is 2. The lowest BCUT2D eigenvalue weighted by Gasteiger charge is -2.33. The summed E-state index contributed by atoms with van der Waals surface area (Å²) in [6.07, 6.45) is 5.95. The highest BCUT2D eigenvalue weighted by Crippen LogP contribution is 2.30. The zero-order valence-corrected chi connectivity index (χ0v) is 11.9. The number of nitrogens with zero attached hydrogens (tertiary/aromatic N) is 3. The van der Waals surface area contributed by atoms with E-state index >= 15 is 0 Å². The second-order valence-corrected chi connectivity index (χ2v) is 5.44. The minimum Gasteiger partial charge on any atom is -0.390 e. The van der Waals surface area contributed by atoms with Crippen LogP contribution in [0.25, 0.3) is 0 Å². The molecule has 5 nitrogen and oxygen atoms in total. The third kappa shape index (κ3) is 3.13. The first-order valence-corrected chi connectivity index (χ1v) is 7.28. The predicted molar refractivity (Wildman–Crippen MR) is 83.0 cm³/mol. The standard InChI is InChI=1S/C16H20N4O/c17-16-4-1-13(9-19-16)12-5-7-20(8-6-12)15-3-2-14(11-21)18-10-15/h1-4,9-10,12,21H,5-8,11H2,(H2,17,19). The molecule has 2 aromatic heterocycles. The van der Waals surface area contributed by atoms with Crippen LogP contribution in [0.1, 0.15) is 30.0 Å². The van der Waals surface area contributed by atoms with Crippen molar-refractivity contribution in [1.82, 2.24) is 9.97 Å². The Labute approximate surface area is 124 Å². The Balaban J connectivity index is 1.62. The Morgan fingerprint density at radius 2 is 1.90 bits per heavy atom. The van der Waals surface area contributed by atoms with Crippen molar-refractivity contribution in [3.8, 4) is 0 Å². The van der Waals surface area contributed by atoms with Crippen molar-refractivity contribution < 1.29 is 5.11 Å². The van der Waals surface area contributed by atoms with Gasteiger partial charge in [0.05, 0.1) is 24.2 Å². The molecular weight excluding hydrogens is 264 g/mol. The Kier molecular flexibility index (Phi) is 4.01. The number of anilines is 2. The van der Waals surface area contributed by atoms with Gasteiger partial charge in [0, 0.05) is 19.3 Å². The lowest BCUT2D eigenvalue weighted by Crippen LogP contribution is -2.33. The normalized spacial score (nSPS) is 16.1. The first kappa shape index (κ1) is 13.8. The van der Waals surface area contributed by atoms with E-state index in [1.165, 1.54) is 5.56 Å².